The smallest absolute Gasteiger partial charge is 0.255 e. The normalized spacial score (nSPS) is 18.2. The van der Waals surface area contributed by atoms with Crippen LogP contribution < -0.4 is 0 Å². The van der Waals surface area contributed by atoms with Gasteiger partial charge >= 0.3 is 0 Å². The Kier molecular flexibility index (Phi) is 3.48. The van der Waals surface area contributed by atoms with Crippen LogP contribution in [-0.2, 0) is 4.74 Å². The van der Waals surface area contributed by atoms with Crippen LogP contribution in [0.4, 0.5) is 4.39 Å². The SMILES string of the molecule is O=C(c1ccc(F)cc1)N1COC(c2ccccc2)C1. The largest absolute Gasteiger partial charge is 0.351 e. The van der Waals surface area contributed by atoms with Crippen molar-refractivity contribution in [3.63, 3.8) is 0 Å². The molecule has 1 aliphatic heterocycles. The second-order valence-corrected chi connectivity index (χ2v) is 4.73. The monoisotopic (exact) mass is 271 g/mol. The highest BCUT2D eigenvalue weighted by Gasteiger charge is 2.28. The minimum absolute atomic E-state index is 0.0967. The molecule has 1 unspecified atom stereocenters. The van der Waals surface area contributed by atoms with Crippen LogP contribution in [0.1, 0.15) is 22.0 Å². The number of halogens is 1. The van der Waals surface area contributed by atoms with Crippen LogP contribution >= 0.6 is 0 Å². The van der Waals surface area contributed by atoms with Gasteiger partial charge in [-0.15, -0.1) is 0 Å². The molecule has 20 heavy (non-hydrogen) atoms. The maximum Gasteiger partial charge on any atom is 0.255 e. The van der Waals surface area contributed by atoms with Gasteiger partial charge in [0, 0.05) is 5.56 Å². The van der Waals surface area contributed by atoms with Gasteiger partial charge in [0.1, 0.15) is 18.7 Å². The van der Waals surface area contributed by atoms with Crippen molar-refractivity contribution in [2.75, 3.05) is 13.3 Å². The first-order valence-corrected chi connectivity index (χ1v) is 6.45. The Morgan fingerprint density at radius 3 is 2.50 bits per heavy atom. The number of carbonyl (C=O) groups excluding carboxylic acids is 1. The molecule has 0 spiro atoms. The zero-order valence-corrected chi connectivity index (χ0v) is 10.8. The summed E-state index contributed by atoms with van der Waals surface area (Å²) >= 11 is 0. The third kappa shape index (κ3) is 2.56. The zero-order valence-electron chi connectivity index (χ0n) is 10.8. The summed E-state index contributed by atoms with van der Waals surface area (Å²) in [4.78, 5) is 13.9. The van der Waals surface area contributed by atoms with Gasteiger partial charge in [0.15, 0.2) is 0 Å². The molecule has 0 N–H and O–H groups in total. The van der Waals surface area contributed by atoms with Crippen LogP contribution in [0.2, 0.25) is 0 Å². The maximum absolute atomic E-state index is 12.9. The number of carbonyl (C=O) groups is 1. The number of hydrogen-bond acceptors (Lipinski definition) is 2. The van der Waals surface area contributed by atoms with E-state index < -0.39 is 0 Å². The van der Waals surface area contributed by atoms with Crippen molar-refractivity contribution in [1.82, 2.24) is 4.90 Å². The van der Waals surface area contributed by atoms with E-state index in [-0.39, 0.29) is 24.6 Å². The van der Waals surface area contributed by atoms with Gasteiger partial charge in [-0.3, -0.25) is 4.79 Å². The number of amides is 1. The van der Waals surface area contributed by atoms with E-state index in [9.17, 15) is 9.18 Å². The topological polar surface area (TPSA) is 29.5 Å². The van der Waals surface area contributed by atoms with Crippen LogP contribution in [0.5, 0.6) is 0 Å². The summed E-state index contributed by atoms with van der Waals surface area (Å²) in [7, 11) is 0. The summed E-state index contributed by atoms with van der Waals surface area (Å²) in [5, 5.41) is 0. The molecule has 4 heteroatoms. The molecule has 2 aromatic rings. The van der Waals surface area contributed by atoms with Gasteiger partial charge < -0.3 is 9.64 Å². The molecule has 2 aromatic carbocycles. The third-order valence-corrected chi connectivity index (χ3v) is 3.37. The fourth-order valence-electron chi connectivity index (χ4n) is 2.27. The van der Waals surface area contributed by atoms with Gasteiger partial charge in [-0.05, 0) is 29.8 Å². The highest BCUT2D eigenvalue weighted by molar-refractivity contribution is 5.94. The standard InChI is InChI=1S/C16H14FNO2/c17-14-8-6-13(7-9-14)16(19)18-10-15(20-11-18)12-4-2-1-3-5-12/h1-9,15H,10-11H2. The predicted octanol–water partition coefficient (Wildman–Crippen LogP) is 3.00. The van der Waals surface area contributed by atoms with Gasteiger partial charge in [0.2, 0.25) is 0 Å². The van der Waals surface area contributed by atoms with Gasteiger partial charge in [-0.2, -0.15) is 0 Å². The van der Waals surface area contributed by atoms with Crippen LogP contribution in [0.25, 0.3) is 0 Å². The van der Waals surface area contributed by atoms with Crippen LogP contribution in [0.15, 0.2) is 54.6 Å². The summed E-state index contributed by atoms with van der Waals surface area (Å²) in [6.07, 6.45) is -0.0967. The first-order chi connectivity index (χ1) is 9.74. The van der Waals surface area contributed by atoms with Crippen molar-refractivity contribution in [3.05, 3.63) is 71.5 Å². The van der Waals surface area contributed by atoms with E-state index in [1.165, 1.54) is 24.3 Å². The van der Waals surface area contributed by atoms with Crippen molar-refractivity contribution < 1.29 is 13.9 Å². The quantitative estimate of drug-likeness (QED) is 0.840. The number of ether oxygens (including phenoxy) is 1. The lowest BCUT2D eigenvalue weighted by Gasteiger charge is -2.14. The second-order valence-electron chi connectivity index (χ2n) is 4.73. The Morgan fingerprint density at radius 1 is 1.10 bits per heavy atom. The highest BCUT2D eigenvalue weighted by atomic mass is 19.1. The molecule has 1 fully saturated rings. The lowest BCUT2D eigenvalue weighted by atomic mass is 10.1. The van der Waals surface area contributed by atoms with E-state index in [0.717, 1.165) is 5.56 Å². The van der Waals surface area contributed by atoms with Crippen molar-refractivity contribution in [2.45, 2.75) is 6.10 Å². The van der Waals surface area contributed by atoms with E-state index in [0.29, 0.717) is 12.1 Å². The summed E-state index contributed by atoms with van der Waals surface area (Å²) in [6.45, 7) is 0.774. The van der Waals surface area contributed by atoms with E-state index >= 15 is 0 Å². The van der Waals surface area contributed by atoms with Crippen molar-refractivity contribution in [3.8, 4) is 0 Å². The van der Waals surface area contributed by atoms with E-state index in [2.05, 4.69) is 0 Å². The number of hydrogen-bond donors (Lipinski definition) is 0. The fourth-order valence-corrected chi connectivity index (χ4v) is 2.27. The Morgan fingerprint density at radius 2 is 1.80 bits per heavy atom. The molecule has 0 radical (unpaired) electrons. The molecule has 102 valence electrons. The maximum atomic E-state index is 12.9. The number of nitrogens with zero attached hydrogens (tertiary/aromatic N) is 1. The van der Waals surface area contributed by atoms with Crippen LogP contribution in [-0.4, -0.2) is 24.1 Å². The lowest BCUT2D eigenvalue weighted by Crippen LogP contribution is -2.28. The first-order valence-electron chi connectivity index (χ1n) is 6.45. The van der Waals surface area contributed by atoms with Crippen LogP contribution in [0, 0.1) is 5.82 Å². The number of rotatable bonds is 2. The molecule has 0 bridgehead atoms. The molecule has 1 atom stereocenters. The Balaban J connectivity index is 1.71. The van der Waals surface area contributed by atoms with E-state index in [4.69, 9.17) is 4.74 Å². The Labute approximate surface area is 116 Å². The van der Waals surface area contributed by atoms with Crippen molar-refractivity contribution >= 4 is 5.91 Å². The molecule has 1 amide bonds. The van der Waals surface area contributed by atoms with Crippen LogP contribution in [0.3, 0.4) is 0 Å². The Hall–Kier alpha value is -2.20. The molecule has 0 saturated carbocycles. The molecule has 1 aliphatic rings. The minimum atomic E-state index is -0.346. The summed E-state index contributed by atoms with van der Waals surface area (Å²) in [6, 6.07) is 15.4. The molecule has 1 heterocycles. The predicted molar refractivity (Wildman–Crippen MR) is 72.6 cm³/mol. The fraction of sp³-hybridized carbons (Fsp3) is 0.188. The summed E-state index contributed by atoms with van der Waals surface area (Å²) < 4.78 is 18.5. The summed E-state index contributed by atoms with van der Waals surface area (Å²) in [5.74, 6) is -0.482. The zero-order chi connectivity index (χ0) is 13.9. The van der Waals surface area contributed by atoms with Crippen molar-refractivity contribution in [1.29, 1.82) is 0 Å². The van der Waals surface area contributed by atoms with Gasteiger partial charge in [-0.1, -0.05) is 30.3 Å². The van der Waals surface area contributed by atoms with E-state index in [1.54, 1.807) is 4.90 Å². The molecule has 3 rings (SSSR count). The Bertz CT molecular complexity index is 598. The molecule has 3 nitrogen and oxygen atoms in total. The minimum Gasteiger partial charge on any atom is -0.351 e. The van der Waals surface area contributed by atoms with Gasteiger partial charge in [0.25, 0.3) is 5.91 Å². The molecule has 0 aliphatic carbocycles. The highest BCUT2D eigenvalue weighted by Crippen LogP contribution is 2.25. The van der Waals surface area contributed by atoms with Crippen molar-refractivity contribution in [2.24, 2.45) is 0 Å². The average molecular weight is 271 g/mol. The summed E-state index contributed by atoms with van der Waals surface area (Å²) in [5.41, 5.74) is 1.53. The number of benzene rings is 2. The van der Waals surface area contributed by atoms with E-state index in [1.807, 2.05) is 30.3 Å². The second kappa shape index (κ2) is 5.43. The molecular weight excluding hydrogens is 257 g/mol. The average Bonchev–Trinajstić information content (AvgIpc) is 2.98. The first kappa shape index (κ1) is 12.8. The van der Waals surface area contributed by atoms with Gasteiger partial charge in [0.05, 0.1) is 6.54 Å². The lowest BCUT2D eigenvalue weighted by molar-refractivity contribution is 0.0630. The molecule has 1 saturated heterocycles. The molecule has 0 aromatic heterocycles. The van der Waals surface area contributed by atoms with Gasteiger partial charge in [-0.25, -0.2) is 4.39 Å². The third-order valence-electron chi connectivity index (χ3n) is 3.37. The molecular formula is C16H14FNO2.